The summed E-state index contributed by atoms with van der Waals surface area (Å²) in [7, 11) is 0. The first-order valence-corrected chi connectivity index (χ1v) is 8.49. The predicted molar refractivity (Wildman–Crippen MR) is 90.6 cm³/mol. The Morgan fingerprint density at radius 3 is 3.04 bits per heavy atom. The summed E-state index contributed by atoms with van der Waals surface area (Å²) in [6.07, 6.45) is 11.3. The molecule has 0 amide bonds. The highest BCUT2D eigenvalue weighted by atomic mass is 16.5. The molecule has 1 atom stereocenters. The Labute approximate surface area is 138 Å². The van der Waals surface area contributed by atoms with Gasteiger partial charge in [-0.05, 0) is 26.3 Å². The fraction of sp³-hybridized carbons (Fsp3) is 0.556. The lowest BCUT2D eigenvalue weighted by Crippen LogP contribution is -2.64. The second-order valence-electron chi connectivity index (χ2n) is 6.89. The first kappa shape index (κ1) is 16.1. The molecule has 3 rings (SSSR count). The van der Waals surface area contributed by atoms with Crippen molar-refractivity contribution in [1.82, 2.24) is 15.8 Å². The third-order valence-electron chi connectivity index (χ3n) is 4.52. The molecule has 0 radical (unpaired) electrons. The number of aliphatic hydroxyl groups is 1. The van der Waals surface area contributed by atoms with E-state index in [2.05, 4.69) is 23.7 Å². The highest BCUT2D eigenvalue weighted by molar-refractivity contribution is 5.47. The van der Waals surface area contributed by atoms with E-state index in [1.807, 2.05) is 31.0 Å². The van der Waals surface area contributed by atoms with E-state index in [0.29, 0.717) is 0 Å². The van der Waals surface area contributed by atoms with Crippen LogP contribution >= 0.6 is 0 Å². The normalized spacial score (nSPS) is 25.0. The molecule has 1 unspecified atom stereocenters. The molecular formula is C18H27N3O2. The van der Waals surface area contributed by atoms with Gasteiger partial charge in [-0.25, -0.2) is 5.43 Å². The van der Waals surface area contributed by atoms with Crippen molar-refractivity contribution >= 4 is 0 Å². The molecule has 0 saturated carbocycles. The van der Waals surface area contributed by atoms with Gasteiger partial charge < -0.3 is 15.2 Å². The highest BCUT2D eigenvalue weighted by Crippen LogP contribution is 2.36. The number of rotatable bonds is 5. The average Bonchev–Trinajstić information content (AvgIpc) is 2.53. The van der Waals surface area contributed by atoms with Crippen molar-refractivity contribution in [2.75, 3.05) is 6.54 Å². The SMILES string of the molecule is CCCCCNN1C2=C(CC3=CC=COC3=C2)NC(C)(C)C1O. The summed E-state index contributed by atoms with van der Waals surface area (Å²) in [5.74, 6) is 0.861. The van der Waals surface area contributed by atoms with Gasteiger partial charge in [-0.2, -0.15) is 0 Å². The van der Waals surface area contributed by atoms with Crippen molar-refractivity contribution < 1.29 is 9.84 Å². The second-order valence-corrected chi connectivity index (χ2v) is 6.89. The molecule has 0 aromatic carbocycles. The number of allylic oxidation sites excluding steroid dienone is 5. The molecule has 5 heteroatoms. The smallest absolute Gasteiger partial charge is 0.163 e. The third-order valence-corrected chi connectivity index (χ3v) is 4.52. The number of nitrogens with zero attached hydrogens (tertiary/aromatic N) is 1. The predicted octanol–water partition coefficient (Wildman–Crippen LogP) is 2.65. The van der Waals surface area contributed by atoms with Crippen LogP contribution in [0.5, 0.6) is 0 Å². The maximum absolute atomic E-state index is 10.8. The van der Waals surface area contributed by atoms with Crippen LogP contribution in [0.3, 0.4) is 0 Å². The second kappa shape index (κ2) is 6.42. The van der Waals surface area contributed by atoms with Gasteiger partial charge in [0.05, 0.1) is 17.5 Å². The maximum atomic E-state index is 10.8. The van der Waals surface area contributed by atoms with Crippen molar-refractivity contribution in [2.24, 2.45) is 0 Å². The first-order chi connectivity index (χ1) is 11.0. The van der Waals surface area contributed by atoms with Crippen LogP contribution in [0.2, 0.25) is 0 Å². The fourth-order valence-corrected chi connectivity index (χ4v) is 3.17. The number of aliphatic hydroxyl groups excluding tert-OH is 1. The van der Waals surface area contributed by atoms with Gasteiger partial charge in [0, 0.05) is 30.3 Å². The van der Waals surface area contributed by atoms with E-state index in [0.717, 1.165) is 42.1 Å². The molecule has 0 fully saturated rings. The van der Waals surface area contributed by atoms with E-state index < -0.39 is 11.8 Å². The van der Waals surface area contributed by atoms with Crippen LogP contribution in [0, 0.1) is 0 Å². The van der Waals surface area contributed by atoms with E-state index in [-0.39, 0.29) is 0 Å². The summed E-state index contributed by atoms with van der Waals surface area (Å²) >= 11 is 0. The third kappa shape index (κ3) is 3.16. The van der Waals surface area contributed by atoms with Gasteiger partial charge in [-0.3, -0.25) is 5.01 Å². The van der Waals surface area contributed by atoms with Crippen molar-refractivity contribution in [3.05, 3.63) is 47.2 Å². The van der Waals surface area contributed by atoms with Crippen LogP contribution < -0.4 is 10.7 Å². The zero-order valence-corrected chi connectivity index (χ0v) is 14.2. The monoisotopic (exact) mass is 317 g/mol. The number of hydrogen-bond acceptors (Lipinski definition) is 5. The van der Waals surface area contributed by atoms with Crippen LogP contribution in [-0.2, 0) is 4.74 Å². The topological polar surface area (TPSA) is 56.8 Å². The van der Waals surface area contributed by atoms with Gasteiger partial charge in [0.15, 0.2) is 6.23 Å². The molecule has 3 N–H and O–H groups in total. The van der Waals surface area contributed by atoms with Crippen molar-refractivity contribution in [2.45, 2.75) is 58.2 Å². The summed E-state index contributed by atoms with van der Waals surface area (Å²) in [5.41, 5.74) is 6.24. The average molecular weight is 317 g/mol. The lowest BCUT2D eigenvalue weighted by atomic mass is 9.91. The molecule has 23 heavy (non-hydrogen) atoms. The first-order valence-electron chi connectivity index (χ1n) is 8.49. The van der Waals surface area contributed by atoms with Crippen LogP contribution in [-0.4, -0.2) is 28.4 Å². The number of fused-ring (bicyclic) bond motifs is 1. The van der Waals surface area contributed by atoms with Gasteiger partial charge >= 0.3 is 0 Å². The fourth-order valence-electron chi connectivity index (χ4n) is 3.17. The minimum absolute atomic E-state index is 0.423. The summed E-state index contributed by atoms with van der Waals surface area (Å²) in [4.78, 5) is 0. The number of hydrogen-bond donors (Lipinski definition) is 3. The van der Waals surface area contributed by atoms with Crippen LogP contribution in [0.25, 0.3) is 0 Å². The van der Waals surface area contributed by atoms with Crippen molar-refractivity contribution in [3.8, 4) is 0 Å². The number of hydrazine groups is 1. The summed E-state index contributed by atoms with van der Waals surface area (Å²) in [6.45, 7) is 7.08. The molecule has 0 aromatic heterocycles. The standard InChI is InChI=1S/C18H27N3O2/c1-4-5-6-9-19-21-15-12-16-13(8-7-10-23-16)11-14(15)20-18(2,3)17(21)22/h7-8,10,12,17,19-20,22H,4-6,9,11H2,1-3H3. The molecule has 0 aromatic rings. The van der Waals surface area contributed by atoms with E-state index in [1.165, 1.54) is 12.8 Å². The number of ether oxygens (including phenoxy) is 1. The van der Waals surface area contributed by atoms with Gasteiger partial charge in [-0.15, -0.1) is 0 Å². The van der Waals surface area contributed by atoms with Gasteiger partial charge in [-0.1, -0.05) is 25.8 Å². The van der Waals surface area contributed by atoms with E-state index >= 15 is 0 Å². The molecule has 2 aliphatic heterocycles. The zero-order valence-electron chi connectivity index (χ0n) is 14.2. The van der Waals surface area contributed by atoms with Gasteiger partial charge in [0.1, 0.15) is 5.76 Å². The Kier molecular flexibility index (Phi) is 4.50. The van der Waals surface area contributed by atoms with Crippen LogP contribution in [0.1, 0.15) is 46.5 Å². The Balaban J connectivity index is 1.85. The summed E-state index contributed by atoms with van der Waals surface area (Å²) < 4.78 is 5.62. The van der Waals surface area contributed by atoms with Crippen molar-refractivity contribution in [3.63, 3.8) is 0 Å². The van der Waals surface area contributed by atoms with Gasteiger partial charge in [0.25, 0.3) is 0 Å². The molecule has 0 saturated heterocycles. The Morgan fingerprint density at radius 1 is 1.43 bits per heavy atom. The van der Waals surface area contributed by atoms with E-state index in [9.17, 15) is 5.11 Å². The molecule has 0 spiro atoms. The highest BCUT2D eigenvalue weighted by Gasteiger charge is 2.41. The van der Waals surface area contributed by atoms with Crippen LogP contribution in [0.4, 0.5) is 0 Å². The molecule has 1 aliphatic carbocycles. The number of unbranched alkanes of at least 4 members (excludes halogenated alkanes) is 2. The Morgan fingerprint density at radius 2 is 2.26 bits per heavy atom. The molecule has 5 nitrogen and oxygen atoms in total. The maximum Gasteiger partial charge on any atom is 0.163 e. The quantitative estimate of drug-likeness (QED) is 0.681. The largest absolute Gasteiger partial charge is 0.465 e. The molecule has 2 heterocycles. The lowest BCUT2D eigenvalue weighted by molar-refractivity contribution is -0.0694. The van der Waals surface area contributed by atoms with E-state index in [1.54, 1.807) is 6.26 Å². The minimum atomic E-state index is -0.649. The van der Waals surface area contributed by atoms with Gasteiger partial charge in [0.2, 0.25) is 0 Å². The summed E-state index contributed by atoms with van der Waals surface area (Å²) in [6, 6.07) is 0. The lowest BCUT2D eigenvalue weighted by Gasteiger charge is -2.48. The minimum Gasteiger partial charge on any atom is -0.465 e. The Bertz CT molecular complexity index is 587. The zero-order chi connectivity index (χ0) is 16.4. The molecule has 0 bridgehead atoms. The Hall–Kier alpha value is -1.72. The van der Waals surface area contributed by atoms with E-state index in [4.69, 9.17) is 4.74 Å². The molecule has 126 valence electrons. The van der Waals surface area contributed by atoms with Crippen LogP contribution in [0.15, 0.2) is 47.2 Å². The van der Waals surface area contributed by atoms with Crippen molar-refractivity contribution in [1.29, 1.82) is 0 Å². The molecule has 3 aliphatic rings. The summed E-state index contributed by atoms with van der Waals surface area (Å²) in [5, 5.41) is 16.1. The molecular weight excluding hydrogens is 290 g/mol. The number of nitrogens with one attached hydrogen (secondary N) is 2.